The lowest BCUT2D eigenvalue weighted by molar-refractivity contribution is -0.133. The number of amides is 1. The summed E-state index contributed by atoms with van der Waals surface area (Å²) in [6.45, 7) is -0.499. The van der Waals surface area contributed by atoms with E-state index in [0.29, 0.717) is 22.6 Å². The van der Waals surface area contributed by atoms with Crippen molar-refractivity contribution in [3.05, 3.63) is 90.0 Å². The molecule has 2 N–H and O–H groups in total. The highest BCUT2D eigenvalue weighted by Crippen LogP contribution is 2.26. The van der Waals surface area contributed by atoms with E-state index in [4.69, 9.17) is 9.47 Å². The van der Waals surface area contributed by atoms with Gasteiger partial charge < -0.3 is 9.47 Å². The maximum atomic E-state index is 13.9. The maximum absolute atomic E-state index is 13.9. The molecule has 3 aromatic rings. The second kappa shape index (κ2) is 13.0. The molecule has 0 fully saturated rings. The van der Waals surface area contributed by atoms with E-state index in [0.717, 1.165) is 4.31 Å². The summed E-state index contributed by atoms with van der Waals surface area (Å²) < 4.78 is 51.8. The van der Waals surface area contributed by atoms with Crippen LogP contribution in [-0.2, 0) is 27.8 Å². The molecule has 0 bridgehead atoms. The van der Waals surface area contributed by atoms with Crippen LogP contribution in [0, 0.1) is 0 Å². The second-order valence-corrected chi connectivity index (χ2v) is 9.84. The van der Waals surface area contributed by atoms with Gasteiger partial charge in [0.2, 0.25) is 10.0 Å². The molecule has 0 aliphatic rings. The van der Waals surface area contributed by atoms with Crippen LogP contribution in [0.2, 0.25) is 0 Å². The number of benzene rings is 3. The van der Waals surface area contributed by atoms with Gasteiger partial charge in [-0.3, -0.25) is 14.4 Å². The average molecular weight is 517 g/mol. The Labute approximate surface area is 210 Å². The molecule has 0 aliphatic carbocycles. The number of ether oxygens (including phenoxy) is 2. The molecule has 1 amide bonds. The molecule has 1 atom stereocenters. The predicted molar refractivity (Wildman–Crippen MR) is 132 cm³/mol. The molecule has 10 heteroatoms. The second-order valence-electron chi connectivity index (χ2n) is 7.95. The predicted octanol–water partition coefficient (Wildman–Crippen LogP) is 3.74. The van der Waals surface area contributed by atoms with Gasteiger partial charge in [-0.2, -0.15) is 4.31 Å². The third-order valence-electron chi connectivity index (χ3n) is 5.48. The molecule has 192 valence electrons. The van der Waals surface area contributed by atoms with Crippen LogP contribution in [0.5, 0.6) is 11.5 Å². The molecule has 0 aliphatic heterocycles. The third-order valence-corrected chi connectivity index (χ3v) is 7.35. The number of rotatable bonds is 13. The van der Waals surface area contributed by atoms with Crippen molar-refractivity contribution >= 4 is 15.9 Å². The molecular weight excluding hydrogens is 487 g/mol. The van der Waals surface area contributed by atoms with E-state index in [1.54, 1.807) is 54.0 Å². The van der Waals surface area contributed by atoms with E-state index in [-0.39, 0.29) is 30.9 Å². The van der Waals surface area contributed by atoms with Crippen LogP contribution in [-0.4, -0.2) is 50.3 Å². The van der Waals surface area contributed by atoms with Crippen LogP contribution in [0.25, 0.3) is 0 Å². The Bertz CT molecular complexity index is 1220. The molecule has 36 heavy (non-hydrogen) atoms. The molecule has 3 rings (SSSR count). The zero-order valence-corrected chi connectivity index (χ0v) is 20.7. The van der Waals surface area contributed by atoms with Crippen molar-refractivity contribution in [2.45, 2.75) is 30.3 Å². The standard InChI is InChI=1S/C26H29FN2O6S/c1-34-23-10-5-9-21(17-23)19-29(25(26(30)28-31)18-20-7-3-2-4-8-20)36(32,33)24-13-11-22(12-14-24)35-16-6-15-27/h2-5,7-14,17,25,31H,6,15-16,18-19H2,1H3,(H,28,30)/t25-/m1/s1. The average Bonchev–Trinajstić information content (AvgIpc) is 2.91. The van der Waals surface area contributed by atoms with Gasteiger partial charge in [0.05, 0.1) is 25.3 Å². The summed E-state index contributed by atoms with van der Waals surface area (Å²) in [5.41, 5.74) is 2.92. The van der Waals surface area contributed by atoms with E-state index in [1.807, 2.05) is 6.07 Å². The lowest BCUT2D eigenvalue weighted by Gasteiger charge is -2.30. The summed E-state index contributed by atoms with van der Waals surface area (Å²) in [4.78, 5) is 12.7. The van der Waals surface area contributed by atoms with Gasteiger partial charge in [-0.25, -0.2) is 13.9 Å². The number of halogens is 1. The minimum atomic E-state index is -4.23. The molecule has 0 spiro atoms. The van der Waals surface area contributed by atoms with Crippen LogP contribution in [0.15, 0.2) is 83.8 Å². The first-order chi connectivity index (χ1) is 17.4. The van der Waals surface area contributed by atoms with Gasteiger partial charge in [0, 0.05) is 13.0 Å². The van der Waals surface area contributed by atoms with Gasteiger partial charge in [0.15, 0.2) is 0 Å². The third kappa shape index (κ3) is 7.03. The Morgan fingerprint density at radius 2 is 1.69 bits per heavy atom. The smallest absolute Gasteiger partial charge is 0.262 e. The quantitative estimate of drug-likeness (QED) is 0.204. The van der Waals surface area contributed by atoms with Crippen LogP contribution >= 0.6 is 0 Å². The monoisotopic (exact) mass is 516 g/mol. The van der Waals surface area contributed by atoms with Crippen LogP contribution in [0.3, 0.4) is 0 Å². The summed E-state index contributed by atoms with van der Waals surface area (Å²) in [7, 11) is -2.73. The molecule has 0 saturated carbocycles. The molecule has 0 radical (unpaired) electrons. The van der Waals surface area contributed by atoms with Gasteiger partial charge in [0.1, 0.15) is 17.5 Å². The number of methoxy groups -OCH3 is 1. The van der Waals surface area contributed by atoms with E-state index in [9.17, 15) is 22.8 Å². The van der Waals surface area contributed by atoms with E-state index in [2.05, 4.69) is 0 Å². The van der Waals surface area contributed by atoms with Gasteiger partial charge >= 0.3 is 0 Å². The van der Waals surface area contributed by atoms with Crippen LogP contribution in [0.4, 0.5) is 4.39 Å². The topological polar surface area (TPSA) is 105 Å². The Balaban J connectivity index is 2.01. The Hall–Kier alpha value is -3.47. The Morgan fingerprint density at radius 3 is 2.33 bits per heavy atom. The summed E-state index contributed by atoms with van der Waals surface area (Å²) >= 11 is 0. The zero-order valence-electron chi connectivity index (χ0n) is 19.8. The normalized spacial score (nSPS) is 12.2. The van der Waals surface area contributed by atoms with Gasteiger partial charge in [-0.05, 0) is 53.9 Å². The maximum Gasteiger partial charge on any atom is 0.262 e. The van der Waals surface area contributed by atoms with Crippen molar-refractivity contribution in [2.24, 2.45) is 0 Å². The first-order valence-electron chi connectivity index (χ1n) is 11.3. The van der Waals surface area contributed by atoms with Crippen molar-refractivity contribution < 1.29 is 32.3 Å². The number of alkyl halides is 1. The van der Waals surface area contributed by atoms with Gasteiger partial charge in [-0.1, -0.05) is 42.5 Å². The van der Waals surface area contributed by atoms with Crippen molar-refractivity contribution in [3.8, 4) is 11.5 Å². The van der Waals surface area contributed by atoms with Crippen molar-refractivity contribution in [1.82, 2.24) is 9.79 Å². The lowest BCUT2D eigenvalue weighted by Crippen LogP contribution is -2.49. The number of carbonyl (C=O) groups is 1. The minimum Gasteiger partial charge on any atom is -0.497 e. The van der Waals surface area contributed by atoms with Crippen molar-refractivity contribution in [3.63, 3.8) is 0 Å². The molecular formula is C26H29FN2O6S. The SMILES string of the molecule is COc1cccc(CN([C@H](Cc2ccccc2)C(=O)NO)S(=O)(=O)c2ccc(OCCCF)cc2)c1. The van der Waals surface area contributed by atoms with E-state index >= 15 is 0 Å². The fourth-order valence-electron chi connectivity index (χ4n) is 3.64. The van der Waals surface area contributed by atoms with Crippen LogP contribution < -0.4 is 15.0 Å². The van der Waals surface area contributed by atoms with Crippen molar-refractivity contribution in [1.29, 1.82) is 0 Å². The summed E-state index contributed by atoms with van der Waals surface area (Å²) in [5.74, 6) is 0.0676. The number of hydroxylamine groups is 1. The molecule has 0 unspecified atom stereocenters. The van der Waals surface area contributed by atoms with E-state index < -0.39 is 28.6 Å². The molecule has 3 aromatic carbocycles. The largest absolute Gasteiger partial charge is 0.497 e. The fourth-order valence-corrected chi connectivity index (χ4v) is 5.21. The molecule has 8 nitrogen and oxygen atoms in total. The molecule has 0 aromatic heterocycles. The summed E-state index contributed by atoms with van der Waals surface area (Å²) in [5, 5.41) is 9.47. The molecule has 0 heterocycles. The number of carbonyl (C=O) groups excluding carboxylic acids is 1. The number of hydrogen-bond donors (Lipinski definition) is 2. The van der Waals surface area contributed by atoms with Crippen molar-refractivity contribution in [2.75, 3.05) is 20.4 Å². The zero-order chi connectivity index (χ0) is 26.0. The van der Waals surface area contributed by atoms with Crippen LogP contribution in [0.1, 0.15) is 17.5 Å². The number of hydrogen-bond acceptors (Lipinski definition) is 6. The Morgan fingerprint density at radius 1 is 1.00 bits per heavy atom. The summed E-state index contributed by atoms with van der Waals surface area (Å²) in [6.07, 6.45) is 0.257. The lowest BCUT2D eigenvalue weighted by atomic mass is 10.0. The highest BCUT2D eigenvalue weighted by Gasteiger charge is 2.36. The first-order valence-corrected chi connectivity index (χ1v) is 12.7. The number of nitrogens with one attached hydrogen (secondary N) is 1. The first kappa shape index (κ1) is 27.1. The van der Waals surface area contributed by atoms with Gasteiger partial charge in [-0.15, -0.1) is 0 Å². The molecule has 0 saturated heterocycles. The fraction of sp³-hybridized carbons (Fsp3) is 0.269. The number of nitrogens with zero attached hydrogens (tertiary/aromatic N) is 1. The highest BCUT2D eigenvalue weighted by molar-refractivity contribution is 7.89. The summed E-state index contributed by atoms with van der Waals surface area (Å²) in [6, 6.07) is 20.2. The highest BCUT2D eigenvalue weighted by atomic mass is 32.2. The Kier molecular flexibility index (Phi) is 9.80. The number of sulfonamides is 1. The van der Waals surface area contributed by atoms with Gasteiger partial charge in [0.25, 0.3) is 5.91 Å². The van der Waals surface area contributed by atoms with E-state index in [1.165, 1.54) is 31.4 Å². The minimum absolute atomic E-state index is 0.0286.